The van der Waals surface area contributed by atoms with Gasteiger partial charge >= 0.3 is 0 Å². The minimum Gasteiger partial charge on any atom is -0.369 e. The van der Waals surface area contributed by atoms with Crippen LogP contribution in [-0.4, -0.2) is 33.5 Å². The number of nitrogens with one attached hydrogen (secondary N) is 2. The van der Waals surface area contributed by atoms with Crippen LogP contribution in [0.1, 0.15) is 12.8 Å². The van der Waals surface area contributed by atoms with E-state index in [0.29, 0.717) is 6.54 Å². The first-order valence-electron chi connectivity index (χ1n) is 8.22. The molecule has 122 valence electrons. The van der Waals surface area contributed by atoms with Crippen molar-refractivity contribution in [1.29, 1.82) is 0 Å². The predicted molar refractivity (Wildman–Crippen MR) is 93.1 cm³/mol. The third-order valence-electron chi connectivity index (χ3n) is 4.36. The highest BCUT2D eigenvalue weighted by Crippen LogP contribution is 2.18. The average Bonchev–Trinajstić information content (AvgIpc) is 3.05. The molecule has 1 atom stereocenters. The van der Waals surface area contributed by atoms with E-state index in [4.69, 9.17) is 0 Å². The molecule has 3 heterocycles. The Balaban J connectivity index is 1.54. The Morgan fingerprint density at radius 3 is 3.04 bits per heavy atom. The zero-order valence-electron chi connectivity index (χ0n) is 13.3. The number of rotatable bonds is 4. The molecule has 6 heteroatoms. The highest BCUT2D eigenvalue weighted by molar-refractivity contribution is 5.80. The Bertz CT molecular complexity index is 872. The number of nitrogens with zero attached hydrogens (tertiary/aromatic N) is 3. The molecular weight excluding hydrogens is 302 g/mol. The number of piperidine rings is 1. The highest BCUT2D eigenvalue weighted by Gasteiger charge is 2.21. The molecule has 1 unspecified atom stereocenters. The molecule has 0 aliphatic carbocycles. The van der Waals surface area contributed by atoms with Crippen LogP contribution in [-0.2, 0) is 4.79 Å². The van der Waals surface area contributed by atoms with Gasteiger partial charge in [0.2, 0.25) is 5.91 Å². The van der Waals surface area contributed by atoms with Crippen molar-refractivity contribution in [3.8, 4) is 5.82 Å². The van der Waals surface area contributed by atoms with E-state index in [1.807, 2.05) is 47.0 Å². The lowest BCUT2D eigenvalue weighted by Crippen LogP contribution is -2.39. The van der Waals surface area contributed by atoms with Crippen LogP contribution in [0.3, 0.4) is 0 Å². The molecule has 0 spiro atoms. The number of amides is 1. The van der Waals surface area contributed by atoms with Crippen LogP contribution in [0.25, 0.3) is 16.9 Å². The fraction of sp³-hybridized carbons (Fsp3) is 0.278. The van der Waals surface area contributed by atoms with Crippen molar-refractivity contribution in [2.75, 3.05) is 18.4 Å². The lowest BCUT2D eigenvalue weighted by Gasteiger charge is -2.22. The number of para-hydroxylation sites is 2. The fourth-order valence-electron chi connectivity index (χ4n) is 3.06. The number of aromatic nitrogens is 3. The summed E-state index contributed by atoms with van der Waals surface area (Å²) in [6.45, 7) is 1.39. The lowest BCUT2D eigenvalue weighted by atomic mass is 9.99. The monoisotopic (exact) mass is 321 g/mol. The van der Waals surface area contributed by atoms with Gasteiger partial charge in [0.05, 0.1) is 17.0 Å². The predicted octanol–water partition coefficient (Wildman–Crippen LogP) is 2.36. The Morgan fingerprint density at radius 2 is 2.12 bits per heavy atom. The number of pyridine rings is 1. The molecule has 0 bridgehead atoms. The number of imidazole rings is 1. The number of anilines is 1. The molecule has 4 rings (SSSR count). The summed E-state index contributed by atoms with van der Waals surface area (Å²) in [5.74, 6) is 1.72. The molecule has 2 N–H and O–H groups in total. The summed E-state index contributed by atoms with van der Waals surface area (Å²) < 4.78 is 1.97. The molecule has 1 aliphatic rings. The normalized spacial score (nSPS) is 17.7. The molecule has 0 radical (unpaired) electrons. The smallest absolute Gasteiger partial charge is 0.224 e. The molecule has 1 fully saturated rings. The quantitative estimate of drug-likeness (QED) is 0.774. The average molecular weight is 321 g/mol. The maximum absolute atomic E-state index is 11.8. The molecule has 3 aromatic rings. The minimum atomic E-state index is 0.0123. The summed E-state index contributed by atoms with van der Waals surface area (Å²) in [6, 6.07) is 13.8. The maximum atomic E-state index is 11.8. The number of carbonyl (C=O) groups is 1. The van der Waals surface area contributed by atoms with Crippen LogP contribution in [0.15, 0.2) is 48.8 Å². The Kier molecular flexibility index (Phi) is 3.86. The minimum absolute atomic E-state index is 0.0123. The van der Waals surface area contributed by atoms with Crippen LogP contribution in [0.2, 0.25) is 0 Å². The van der Waals surface area contributed by atoms with Crippen molar-refractivity contribution >= 4 is 22.8 Å². The second-order valence-electron chi connectivity index (χ2n) is 6.00. The van der Waals surface area contributed by atoms with Crippen LogP contribution >= 0.6 is 0 Å². The van der Waals surface area contributed by atoms with E-state index in [2.05, 4.69) is 20.6 Å². The standard InChI is InChI=1S/C18H19N5O/c24-18-13(5-4-10-19-18)11-20-16-8-3-9-17(22-16)23-12-21-14-6-1-2-7-15(14)23/h1-3,6-9,12-13H,4-5,10-11H2,(H,19,24)(H,20,22). The van der Waals surface area contributed by atoms with Crippen molar-refractivity contribution in [2.45, 2.75) is 12.8 Å². The lowest BCUT2D eigenvalue weighted by molar-refractivity contribution is -0.126. The fourth-order valence-corrected chi connectivity index (χ4v) is 3.06. The van der Waals surface area contributed by atoms with Gasteiger partial charge in [-0.3, -0.25) is 9.36 Å². The van der Waals surface area contributed by atoms with Gasteiger partial charge in [0.15, 0.2) is 0 Å². The molecule has 24 heavy (non-hydrogen) atoms. The van der Waals surface area contributed by atoms with Gasteiger partial charge in [0.1, 0.15) is 18.0 Å². The highest BCUT2D eigenvalue weighted by atomic mass is 16.1. The van der Waals surface area contributed by atoms with Crippen LogP contribution in [0.4, 0.5) is 5.82 Å². The van der Waals surface area contributed by atoms with Gasteiger partial charge in [0, 0.05) is 13.1 Å². The first kappa shape index (κ1) is 14.7. The molecule has 1 saturated heterocycles. The summed E-state index contributed by atoms with van der Waals surface area (Å²) in [5, 5.41) is 6.20. The second kappa shape index (κ2) is 6.31. The number of hydrogen-bond acceptors (Lipinski definition) is 4. The van der Waals surface area contributed by atoms with Gasteiger partial charge in [-0.05, 0) is 37.1 Å². The Morgan fingerprint density at radius 1 is 1.21 bits per heavy atom. The van der Waals surface area contributed by atoms with E-state index < -0.39 is 0 Å². The molecular formula is C18H19N5O. The van der Waals surface area contributed by atoms with E-state index in [1.165, 1.54) is 0 Å². The van der Waals surface area contributed by atoms with Gasteiger partial charge in [0.25, 0.3) is 0 Å². The Labute approximate surface area is 139 Å². The third kappa shape index (κ3) is 2.82. The summed E-state index contributed by atoms with van der Waals surface area (Å²) in [5.41, 5.74) is 1.96. The van der Waals surface area contributed by atoms with Gasteiger partial charge in [-0.1, -0.05) is 18.2 Å². The summed E-state index contributed by atoms with van der Waals surface area (Å²) in [6.07, 6.45) is 3.74. The van der Waals surface area contributed by atoms with Crippen molar-refractivity contribution in [3.05, 3.63) is 48.8 Å². The van der Waals surface area contributed by atoms with Gasteiger partial charge in [-0.15, -0.1) is 0 Å². The summed E-state index contributed by atoms with van der Waals surface area (Å²) in [4.78, 5) is 20.9. The zero-order valence-corrected chi connectivity index (χ0v) is 13.3. The van der Waals surface area contributed by atoms with Crippen LogP contribution in [0.5, 0.6) is 0 Å². The van der Waals surface area contributed by atoms with Gasteiger partial charge < -0.3 is 10.6 Å². The van der Waals surface area contributed by atoms with Gasteiger partial charge in [-0.25, -0.2) is 9.97 Å². The second-order valence-corrected chi connectivity index (χ2v) is 6.00. The van der Waals surface area contributed by atoms with E-state index in [-0.39, 0.29) is 11.8 Å². The van der Waals surface area contributed by atoms with E-state index in [1.54, 1.807) is 6.33 Å². The molecule has 2 aromatic heterocycles. The third-order valence-corrected chi connectivity index (χ3v) is 4.36. The molecule has 0 saturated carbocycles. The maximum Gasteiger partial charge on any atom is 0.224 e. The number of hydrogen-bond donors (Lipinski definition) is 2. The largest absolute Gasteiger partial charge is 0.369 e. The van der Waals surface area contributed by atoms with Gasteiger partial charge in [-0.2, -0.15) is 0 Å². The first-order chi connectivity index (χ1) is 11.8. The summed E-state index contributed by atoms with van der Waals surface area (Å²) in [7, 11) is 0. The summed E-state index contributed by atoms with van der Waals surface area (Å²) >= 11 is 0. The zero-order chi connectivity index (χ0) is 16.4. The van der Waals surface area contributed by atoms with Crippen molar-refractivity contribution < 1.29 is 4.79 Å². The van der Waals surface area contributed by atoms with E-state index in [9.17, 15) is 4.79 Å². The number of fused-ring (bicyclic) bond motifs is 1. The molecule has 1 aromatic carbocycles. The first-order valence-corrected chi connectivity index (χ1v) is 8.22. The SMILES string of the molecule is O=C1NCCCC1CNc1cccc(-n2cnc3ccccc32)n1. The van der Waals surface area contributed by atoms with Crippen LogP contribution < -0.4 is 10.6 Å². The molecule has 1 aliphatic heterocycles. The number of benzene rings is 1. The molecule has 6 nitrogen and oxygen atoms in total. The molecule has 1 amide bonds. The van der Waals surface area contributed by atoms with Crippen molar-refractivity contribution in [3.63, 3.8) is 0 Å². The van der Waals surface area contributed by atoms with E-state index in [0.717, 1.165) is 42.1 Å². The van der Waals surface area contributed by atoms with Crippen LogP contribution in [0, 0.1) is 5.92 Å². The topological polar surface area (TPSA) is 71.8 Å². The van der Waals surface area contributed by atoms with Crippen molar-refractivity contribution in [1.82, 2.24) is 19.9 Å². The number of carbonyl (C=O) groups excluding carboxylic acids is 1. The van der Waals surface area contributed by atoms with Crippen molar-refractivity contribution in [2.24, 2.45) is 5.92 Å². The Hall–Kier alpha value is -2.89. The van der Waals surface area contributed by atoms with E-state index >= 15 is 0 Å².